The van der Waals surface area contributed by atoms with Gasteiger partial charge in [-0.25, -0.2) is 9.82 Å². The summed E-state index contributed by atoms with van der Waals surface area (Å²) in [6, 6.07) is 8.17. The molecule has 4 rings (SSSR count). The van der Waals surface area contributed by atoms with Gasteiger partial charge in [0.25, 0.3) is 5.91 Å². The molecule has 0 unspecified atom stereocenters. The number of aryl methyl sites for hydroxylation is 1. The molecule has 2 aromatic carbocycles. The number of ether oxygens (including phenoxy) is 2. The van der Waals surface area contributed by atoms with E-state index in [-0.39, 0.29) is 24.0 Å². The number of hydrogen-bond acceptors (Lipinski definition) is 7. The molecule has 10 heteroatoms. The summed E-state index contributed by atoms with van der Waals surface area (Å²) in [5.74, 6) is -0.579. The third-order valence-electron chi connectivity index (χ3n) is 5.49. The van der Waals surface area contributed by atoms with Crippen LogP contribution in [0.3, 0.4) is 0 Å². The summed E-state index contributed by atoms with van der Waals surface area (Å²) in [7, 11) is 1.49. The number of hydrogen-bond donors (Lipinski definition) is 1. The Bertz CT molecular complexity index is 1260. The van der Waals surface area contributed by atoms with E-state index in [2.05, 4.69) is 10.5 Å². The predicted octanol–water partition coefficient (Wildman–Crippen LogP) is 5.03. The normalized spacial score (nSPS) is 12.9. The van der Waals surface area contributed by atoms with E-state index < -0.39 is 10.7 Å². The van der Waals surface area contributed by atoms with Crippen molar-refractivity contribution >= 4 is 29.1 Å². The lowest BCUT2D eigenvalue weighted by Crippen LogP contribution is -2.19. The van der Waals surface area contributed by atoms with Crippen LogP contribution < -0.4 is 14.9 Å². The topological polar surface area (TPSA) is 103 Å². The number of fused-ring (bicyclic) bond motifs is 1. The first-order chi connectivity index (χ1) is 16.5. The van der Waals surface area contributed by atoms with Gasteiger partial charge in [0, 0.05) is 28.0 Å². The van der Waals surface area contributed by atoms with Crippen LogP contribution in [-0.2, 0) is 19.4 Å². The zero-order chi connectivity index (χ0) is 24.1. The second kappa shape index (κ2) is 10.4. The Kier molecular flexibility index (Phi) is 7.17. The van der Waals surface area contributed by atoms with E-state index in [0.29, 0.717) is 22.4 Å². The van der Waals surface area contributed by atoms with Gasteiger partial charge in [-0.15, -0.1) is 11.3 Å². The SMILES string of the molecule is COc1ccc(/C=N/NC(=O)c2csc3c2CCCC3)cc1COc1cc(F)ccc1[N+](=O)[O-]. The molecule has 1 heterocycles. The van der Waals surface area contributed by atoms with E-state index in [1.54, 1.807) is 29.5 Å². The molecule has 3 aromatic rings. The van der Waals surface area contributed by atoms with Crippen molar-refractivity contribution in [1.29, 1.82) is 0 Å². The molecule has 1 amide bonds. The maximum Gasteiger partial charge on any atom is 0.311 e. The summed E-state index contributed by atoms with van der Waals surface area (Å²) in [6.45, 7) is -0.0947. The minimum absolute atomic E-state index is 0.0947. The van der Waals surface area contributed by atoms with Crippen molar-refractivity contribution in [3.8, 4) is 11.5 Å². The van der Waals surface area contributed by atoms with E-state index in [1.807, 2.05) is 5.38 Å². The zero-order valence-electron chi connectivity index (χ0n) is 18.4. The molecule has 1 aliphatic carbocycles. The molecule has 1 N–H and O–H groups in total. The lowest BCUT2D eigenvalue weighted by atomic mass is 9.96. The largest absolute Gasteiger partial charge is 0.496 e. The van der Waals surface area contributed by atoms with Crippen molar-refractivity contribution in [3.05, 3.63) is 84.8 Å². The Labute approximate surface area is 199 Å². The van der Waals surface area contributed by atoms with Crippen LogP contribution in [-0.4, -0.2) is 24.2 Å². The molecule has 176 valence electrons. The quantitative estimate of drug-likeness (QED) is 0.275. The van der Waals surface area contributed by atoms with E-state index in [0.717, 1.165) is 49.4 Å². The number of carbonyl (C=O) groups excluding carboxylic acids is 1. The highest BCUT2D eigenvalue weighted by atomic mass is 32.1. The molecule has 1 aromatic heterocycles. The molecule has 0 aliphatic heterocycles. The van der Waals surface area contributed by atoms with Gasteiger partial charge in [0.05, 0.1) is 23.8 Å². The van der Waals surface area contributed by atoms with Crippen molar-refractivity contribution < 1.29 is 23.6 Å². The molecular weight excluding hydrogens is 461 g/mol. The average molecular weight is 484 g/mol. The first kappa shape index (κ1) is 23.4. The van der Waals surface area contributed by atoms with Crippen LogP contribution in [0.4, 0.5) is 10.1 Å². The Hall–Kier alpha value is -3.79. The van der Waals surface area contributed by atoms with Crippen molar-refractivity contribution in [2.75, 3.05) is 7.11 Å². The van der Waals surface area contributed by atoms with Gasteiger partial charge in [0.15, 0.2) is 5.75 Å². The molecule has 1 aliphatic rings. The molecule has 0 atom stereocenters. The van der Waals surface area contributed by atoms with Crippen molar-refractivity contribution in [3.63, 3.8) is 0 Å². The van der Waals surface area contributed by atoms with Crippen molar-refractivity contribution in [2.45, 2.75) is 32.3 Å². The summed E-state index contributed by atoms with van der Waals surface area (Å²) >= 11 is 1.62. The van der Waals surface area contributed by atoms with Crippen LogP contribution in [0.5, 0.6) is 11.5 Å². The minimum Gasteiger partial charge on any atom is -0.496 e. The Morgan fingerprint density at radius 3 is 2.85 bits per heavy atom. The second-order valence-corrected chi connectivity index (χ2v) is 8.65. The summed E-state index contributed by atoms with van der Waals surface area (Å²) < 4.78 is 24.4. The van der Waals surface area contributed by atoms with Crippen molar-refractivity contribution in [2.24, 2.45) is 5.10 Å². The summed E-state index contributed by atoms with van der Waals surface area (Å²) in [6.07, 6.45) is 5.67. The van der Waals surface area contributed by atoms with Crippen LogP contribution in [0.25, 0.3) is 0 Å². The van der Waals surface area contributed by atoms with Gasteiger partial charge < -0.3 is 9.47 Å². The lowest BCUT2D eigenvalue weighted by molar-refractivity contribution is -0.386. The lowest BCUT2D eigenvalue weighted by Gasteiger charge is -2.12. The zero-order valence-corrected chi connectivity index (χ0v) is 19.2. The number of hydrazone groups is 1. The molecule has 0 saturated carbocycles. The number of benzene rings is 2. The number of nitrogens with one attached hydrogen (secondary N) is 1. The Morgan fingerprint density at radius 2 is 2.06 bits per heavy atom. The number of amides is 1. The maximum absolute atomic E-state index is 13.6. The molecule has 0 radical (unpaired) electrons. The Morgan fingerprint density at radius 1 is 1.24 bits per heavy atom. The molecule has 8 nitrogen and oxygen atoms in total. The van der Waals surface area contributed by atoms with Crippen LogP contribution in [0.1, 0.15) is 44.8 Å². The van der Waals surface area contributed by atoms with Crippen molar-refractivity contribution in [1.82, 2.24) is 5.43 Å². The fourth-order valence-corrected chi connectivity index (χ4v) is 4.94. The second-order valence-electron chi connectivity index (χ2n) is 7.69. The van der Waals surface area contributed by atoms with E-state index in [9.17, 15) is 19.3 Å². The van der Waals surface area contributed by atoms with Gasteiger partial charge in [-0.05, 0) is 61.1 Å². The summed E-state index contributed by atoms with van der Waals surface area (Å²) in [5, 5.41) is 17.1. The van der Waals surface area contributed by atoms with Gasteiger partial charge in [0.1, 0.15) is 18.2 Å². The molecular formula is C24H22FN3O5S. The fourth-order valence-electron chi connectivity index (χ4n) is 3.81. The molecule has 0 saturated heterocycles. The van der Waals surface area contributed by atoms with Crippen LogP contribution in [0.15, 0.2) is 46.9 Å². The number of nitro benzene ring substituents is 1. The van der Waals surface area contributed by atoms with Gasteiger partial charge in [-0.2, -0.15) is 5.10 Å². The first-order valence-corrected chi connectivity index (χ1v) is 11.5. The van der Waals surface area contributed by atoms with E-state index >= 15 is 0 Å². The number of rotatable bonds is 8. The smallest absolute Gasteiger partial charge is 0.311 e. The highest BCUT2D eigenvalue weighted by molar-refractivity contribution is 7.10. The number of nitrogens with zero attached hydrogens (tertiary/aromatic N) is 2. The standard InChI is InChI=1S/C24H22FN3O5S/c1-32-21-9-6-15(10-16(21)13-33-22-11-17(25)7-8-20(22)28(30)31)12-26-27-24(29)19-14-34-23-5-3-2-4-18(19)23/h6-12,14H,2-5,13H2,1H3,(H,27,29)/b26-12+. The number of nitro groups is 1. The summed E-state index contributed by atoms with van der Waals surface area (Å²) in [4.78, 5) is 24.4. The van der Waals surface area contributed by atoms with Gasteiger partial charge in [0.2, 0.25) is 0 Å². The molecule has 0 spiro atoms. The number of methoxy groups -OCH3 is 1. The number of carbonyl (C=O) groups is 1. The van der Waals surface area contributed by atoms with Crippen LogP contribution in [0, 0.1) is 15.9 Å². The Balaban J connectivity index is 1.46. The van der Waals surface area contributed by atoms with Crippen LogP contribution in [0.2, 0.25) is 0 Å². The van der Waals surface area contributed by atoms with E-state index in [4.69, 9.17) is 9.47 Å². The minimum atomic E-state index is -0.643. The average Bonchev–Trinajstić information content (AvgIpc) is 3.27. The monoisotopic (exact) mass is 483 g/mol. The van der Waals surface area contributed by atoms with E-state index in [1.165, 1.54) is 18.2 Å². The third kappa shape index (κ3) is 5.23. The predicted molar refractivity (Wildman–Crippen MR) is 126 cm³/mol. The number of halogens is 1. The maximum atomic E-state index is 13.6. The third-order valence-corrected chi connectivity index (χ3v) is 6.58. The highest BCUT2D eigenvalue weighted by Crippen LogP contribution is 2.31. The molecule has 0 bridgehead atoms. The number of thiophene rings is 1. The molecule has 34 heavy (non-hydrogen) atoms. The first-order valence-electron chi connectivity index (χ1n) is 10.6. The highest BCUT2D eigenvalue weighted by Gasteiger charge is 2.20. The van der Waals surface area contributed by atoms with Crippen LogP contribution >= 0.6 is 11.3 Å². The fraction of sp³-hybridized carbons (Fsp3) is 0.250. The van der Waals surface area contributed by atoms with Gasteiger partial charge in [-0.1, -0.05) is 0 Å². The van der Waals surface area contributed by atoms with Gasteiger partial charge in [-0.3, -0.25) is 14.9 Å². The molecule has 0 fully saturated rings. The summed E-state index contributed by atoms with van der Waals surface area (Å²) in [5.41, 5.74) is 5.27. The van der Waals surface area contributed by atoms with Gasteiger partial charge >= 0.3 is 5.69 Å².